The molecule has 1 fully saturated rings. The number of aromatic nitrogens is 3. The zero-order chi connectivity index (χ0) is 20.4. The van der Waals surface area contributed by atoms with Gasteiger partial charge in [-0.05, 0) is 44.7 Å². The molecule has 2 aromatic rings. The van der Waals surface area contributed by atoms with E-state index in [1.807, 2.05) is 31.3 Å². The first-order chi connectivity index (χ1) is 13.9. The van der Waals surface area contributed by atoms with E-state index in [0.717, 1.165) is 68.8 Å². The van der Waals surface area contributed by atoms with Crippen LogP contribution in [-0.2, 0) is 22.9 Å². The molecule has 29 heavy (non-hydrogen) atoms. The summed E-state index contributed by atoms with van der Waals surface area (Å²) in [5.74, 6) is 1.63. The van der Waals surface area contributed by atoms with Crippen LogP contribution in [0.15, 0.2) is 24.4 Å². The molecule has 0 N–H and O–H groups in total. The minimum atomic E-state index is -3.29. The minimum Gasteiger partial charge on any atom is -0.356 e. The number of sulfonamides is 1. The van der Waals surface area contributed by atoms with E-state index >= 15 is 0 Å². The lowest BCUT2D eigenvalue weighted by Crippen LogP contribution is -2.39. The van der Waals surface area contributed by atoms with Crippen molar-refractivity contribution in [2.45, 2.75) is 51.5 Å². The number of anilines is 1. The molecule has 0 spiro atoms. The SMILES string of the molecule is Cc1nc([C@@H]2CCCCN2S(C)(=O)=O)nc2c1CCCN2CCc1ccccn1. The van der Waals surface area contributed by atoms with E-state index in [4.69, 9.17) is 9.97 Å². The van der Waals surface area contributed by atoms with Gasteiger partial charge in [-0.3, -0.25) is 4.98 Å². The van der Waals surface area contributed by atoms with Gasteiger partial charge in [0.15, 0.2) is 0 Å². The number of hydrogen-bond acceptors (Lipinski definition) is 6. The normalized spacial score (nSPS) is 20.5. The molecule has 156 valence electrons. The second-order valence-electron chi connectivity index (χ2n) is 8.02. The van der Waals surface area contributed by atoms with Crippen LogP contribution in [0.4, 0.5) is 5.82 Å². The molecule has 2 aliphatic heterocycles. The van der Waals surface area contributed by atoms with E-state index in [0.29, 0.717) is 12.4 Å². The van der Waals surface area contributed by atoms with E-state index in [1.165, 1.54) is 11.8 Å². The Labute approximate surface area is 173 Å². The van der Waals surface area contributed by atoms with Gasteiger partial charge in [0.1, 0.15) is 11.6 Å². The third-order valence-electron chi connectivity index (χ3n) is 5.91. The van der Waals surface area contributed by atoms with Crippen LogP contribution in [0, 0.1) is 6.92 Å². The topological polar surface area (TPSA) is 79.3 Å². The van der Waals surface area contributed by atoms with E-state index in [1.54, 1.807) is 4.31 Å². The van der Waals surface area contributed by atoms with Crippen molar-refractivity contribution in [2.24, 2.45) is 0 Å². The van der Waals surface area contributed by atoms with E-state index in [-0.39, 0.29) is 6.04 Å². The average molecular weight is 416 g/mol. The zero-order valence-electron chi connectivity index (χ0n) is 17.2. The predicted octanol–water partition coefficient (Wildman–Crippen LogP) is 2.66. The summed E-state index contributed by atoms with van der Waals surface area (Å²) in [4.78, 5) is 16.5. The Morgan fingerprint density at radius 1 is 1.14 bits per heavy atom. The van der Waals surface area contributed by atoms with Crippen molar-refractivity contribution in [2.75, 3.05) is 30.8 Å². The molecule has 7 nitrogen and oxygen atoms in total. The maximum absolute atomic E-state index is 12.3. The highest BCUT2D eigenvalue weighted by Crippen LogP contribution is 2.34. The van der Waals surface area contributed by atoms with Crippen molar-refractivity contribution >= 4 is 15.8 Å². The van der Waals surface area contributed by atoms with Gasteiger partial charge < -0.3 is 4.90 Å². The van der Waals surface area contributed by atoms with Crippen LogP contribution < -0.4 is 4.90 Å². The molecule has 0 unspecified atom stereocenters. The van der Waals surface area contributed by atoms with Gasteiger partial charge in [-0.1, -0.05) is 12.5 Å². The fourth-order valence-corrected chi connectivity index (χ4v) is 5.55. The Morgan fingerprint density at radius 2 is 2.00 bits per heavy atom. The van der Waals surface area contributed by atoms with Crippen molar-refractivity contribution < 1.29 is 8.42 Å². The highest BCUT2D eigenvalue weighted by Gasteiger charge is 2.34. The quantitative estimate of drug-likeness (QED) is 0.747. The number of nitrogens with zero attached hydrogens (tertiary/aromatic N) is 5. The molecule has 2 aliphatic rings. The van der Waals surface area contributed by atoms with Gasteiger partial charge in [0.25, 0.3) is 0 Å². The fraction of sp³-hybridized carbons (Fsp3) is 0.571. The monoisotopic (exact) mass is 415 g/mol. The van der Waals surface area contributed by atoms with Crippen molar-refractivity contribution in [3.63, 3.8) is 0 Å². The van der Waals surface area contributed by atoms with Crippen LogP contribution >= 0.6 is 0 Å². The first kappa shape index (κ1) is 20.2. The van der Waals surface area contributed by atoms with Crippen molar-refractivity contribution in [1.82, 2.24) is 19.3 Å². The van der Waals surface area contributed by atoms with Gasteiger partial charge in [0.2, 0.25) is 10.0 Å². The van der Waals surface area contributed by atoms with E-state index < -0.39 is 10.0 Å². The predicted molar refractivity (Wildman–Crippen MR) is 113 cm³/mol. The molecule has 0 aliphatic carbocycles. The third-order valence-corrected chi connectivity index (χ3v) is 7.19. The largest absolute Gasteiger partial charge is 0.356 e. The van der Waals surface area contributed by atoms with Gasteiger partial charge in [-0.25, -0.2) is 18.4 Å². The van der Waals surface area contributed by atoms with Gasteiger partial charge in [-0.2, -0.15) is 4.31 Å². The second kappa shape index (κ2) is 8.36. The number of rotatable bonds is 5. The first-order valence-electron chi connectivity index (χ1n) is 10.4. The molecule has 4 heterocycles. The third kappa shape index (κ3) is 4.43. The standard InChI is InChI=1S/C21H29N5O2S/c1-16-18-9-7-13-25(15-11-17-8-3-5-12-22-17)21(18)24-20(23-16)19-10-4-6-14-26(19)29(2,27)28/h3,5,8,12,19H,4,6-7,9-11,13-15H2,1-2H3/t19-/m0/s1. The Kier molecular flexibility index (Phi) is 5.83. The number of fused-ring (bicyclic) bond motifs is 1. The minimum absolute atomic E-state index is 0.262. The van der Waals surface area contributed by atoms with Crippen LogP contribution in [0.25, 0.3) is 0 Å². The van der Waals surface area contributed by atoms with Gasteiger partial charge in [0.05, 0.1) is 12.3 Å². The fourth-order valence-electron chi connectivity index (χ4n) is 4.43. The maximum Gasteiger partial charge on any atom is 0.211 e. The molecule has 0 aromatic carbocycles. The highest BCUT2D eigenvalue weighted by molar-refractivity contribution is 7.88. The zero-order valence-corrected chi connectivity index (χ0v) is 18.0. The van der Waals surface area contributed by atoms with Crippen LogP contribution in [-0.4, -0.2) is 53.6 Å². The summed E-state index contributed by atoms with van der Waals surface area (Å²) < 4.78 is 26.2. The number of pyridine rings is 1. The van der Waals surface area contributed by atoms with Gasteiger partial charge in [0, 0.05) is 49.2 Å². The summed E-state index contributed by atoms with van der Waals surface area (Å²) in [5, 5.41) is 0. The molecule has 2 aromatic heterocycles. The van der Waals surface area contributed by atoms with Crippen LogP contribution in [0.2, 0.25) is 0 Å². The second-order valence-corrected chi connectivity index (χ2v) is 9.95. The summed E-state index contributed by atoms with van der Waals surface area (Å²) in [6.07, 6.45) is 8.70. The lowest BCUT2D eigenvalue weighted by Gasteiger charge is -2.35. The van der Waals surface area contributed by atoms with E-state index in [2.05, 4.69) is 9.88 Å². The van der Waals surface area contributed by atoms with Crippen LogP contribution in [0.5, 0.6) is 0 Å². The summed E-state index contributed by atoms with van der Waals surface area (Å²) in [5.41, 5.74) is 3.25. The lowest BCUT2D eigenvalue weighted by molar-refractivity contribution is 0.247. The Bertz CT molecular complexity index is 965. The molecular weight excluding hydrogens is 386 g/mol. The van der Waals surface area contributed by atoms with Crippen molar-refractivity contribution in [1.29, 1.82) is 0 Å². The molecule has 1 atom stereocenters. The average Bonchev–Trinajstić information content (AvgIpc) is 2.72. The molecule has 0 bridgehead atoms. The smallest absolute Gasteiger partial charge is 0.211 e. The highest BCUT2D eigenvalue weighted by atomic mass is 32.2. The molecule has 4 rings (SSSR count). The summed E-state index contributed by atoms with van der Waals surface area (Å²) in [6, 6.07) is 5.73. The van der Waals surface area contributed by atoms with Gasteiger partial charge >= 0.3 is 0 Å². The Morgan fingerprint density at radius 3 is 2.76 bits per heavy atom. The number of hydrogen-bond donors (Lipinski definition) is 0. The molecule has 0 amide bonds. The molecule has 0 saturated carbocycles. The number of piperidine rings is 1. The summed E-state index contributed by atoms with van der Waals surface area (Å²) in [7, 11) is -3.29. The van der Waals surface area contributed by atoms with Crippen LogP contribution in [0.3, 0.4) is 0 Å². The maximum atomic E-state index is 12.3. The number of aryl methyl sites for hydroxylation is 1. The Balaban J connectivity index is 1.64. The molecular formula is C21H29N5O2S. The van der Waals surface area contributed by atoms with Crippen LogP contribution in [0.1, 0.15) is 54.5 Å². The molecule has 8 heteroatoms. The molecule has 0 radical (unpaired) electrons. The van der Waals surface area contributed by atoms with Crippen molar-refractivity contribution in [3.8, 4) is 0 Å². The molecule has 1 saturated heterocycles. The van der Waals surface area contributed by atoms with Crippen molar-refractivity contribution in [3.05, 3.63) is 47.2 Å². The summed E-state index contributed by atoms with van der Waals surface area (Å²) >= 11 is 0. The first-order valence-corrected chi connectivity index (χ1v) is 12.3. The lowest BCUT2D eigenvalue weighted by atomic mass is 10.0. The summed E-state index contributed by atoms with van der Waals surface area (Å²) in [6.45, 7) is 4.38. The van der Waals surface area contributed by atoms with E-state index in [9.17, 15) is 8.42 Å². The van der Waals surface area contributed by atoms with Gasteiger partial charge in [-0.15, -0.1) is 0 Å². The Hall–Kier alpha value is -2.06.